The van der Waals surface area contributed by atoms with Gasteiger partial charge in [0.2, 0.25) is 0 Å². The van der Waals surface area contributed by atoms with Crippen LogP contribution in [-0.4, -0.2) is 0 Å². The summed E-state index contributed by atoms with van der Waals surface area (Å²) in [5, 5.41) is 0. The average Bonchev–Trinajstić information content (AvgIpc) is 2.28. The summed E-state index contributed by atoms with van der Waals surface area (Å²) in [5.74, 6) is 0. The Labute approximate surface area is 102 Å². The highest BCUT2D eigenvalue weighted by Gasteiger charge is 2.30. The van der Waals surface area contributed by atoms with Gasteiger partial charge in [-0.2, -0.15) is 0 Å². The fourth-order valence-corrected chi connectivity index (χ4v) is 2.50. The molecule has 0 aromatic carbocycles. The van der Waals surface area contributed by atoms with Gasteiger partial charge in [0.15, 0.2) is 0 Å². The SMILES string of the molecule is C=C/C(=C\CC)C1(C)CCCC(=C)C1.CC. The minimum atomic E-state index is 0.313. The summed E-state index contributed by atoms with van der Waals surface area (Å²) in [6.45, 7) is 16.6. The van der Waals surface area contributed by atoms with Crippen molar-refractivity contribution in [3.05, 3.63) is 36.5 Å². The quantitative estimate of drug-likeness (QED) is 0.424. The molecule has 1 aliphatic rings. The van der Waals surface area contributed by atoms with Crippen LogP contribution in [0.25, 0.3) is 0 Å². The first-order valence-electron chi connectivity index (χ1n) is 6.62. The van der Waals surface area contributed by atoms with Crippen LogP contribution >= 0.6 is 0 Å². The molecule has 0 N–H and O–H groups in total. The second kappa shape index (κ2) is 7.49. The van der Waals surface area contributed by atoms with E-state index in [0.717, 1.165) is 12.8 Å². The van der Waals surface area contributed by atoms with Crippen LogP contribution in [0.5, 0.6) is 0 Å². The van der Waals surface area contributed by atoms with E-state index in [1.807, 2.05) is 19.9 Å². The molecule has 0 spiro atoms. The molecule has 0 aliphatic heterocycles. The lowest BCUT2D eigenvalue weighted by atomic mass is 9.69. The molecule has 0 heterocycles. The highest BCUT2D eigenvalue weighted by atomic mass is 14.3. The van der Waals surface area contributed by atoms with Gasteiger partial charge in [-0.3, -0.25) is 0 Å². The Morgan fingerprint density at radius 2 is 2.06 bits per heavy atom. The van der Waals surface area contributed by atoms with Gasteiger partial charge >= 0.3 is 0 Å². The van der Waals surface area contributed by atoms with Crippen LogP contribution in [0.15, 0.2) is 36.5 Å². The van der Waals surface area contributed by atoms with E-state index in [1.165, 1.54) is 30.4 Å². The molecule has 1 rings (SSSR count). The highest BCUT2D eigenvalue weighted by molar-refractivity contribution is 5.28. The minimum absolute atomic E-state index is 0.313. The summed E-state index contributed by atoms with van der Waals surface area (Å²) in [5.41, 5.74) is 3.14. The van der Waals surface area contributed by atoms with E-state index in [-0.39, 0.29) is 0 Å². The van der Waals surface area contributed by atoms with Gasteiger partial charge in [-0.05, 0) is 43.1 Å². The highest BCUT2D eigenvalue weighted by Crippen LogP contribution is 2.44. The van der Waals surface area contributed by atoms with Crippen LogP contribution < -0.4 is 0 Å². The molecular weight excluding hydrogens is 192 g/mol. The lowest BCUT2D eigenvalue weighted by Gasteiger charge is -2.36. The molecule has 0 aromatic heterocycles. The van der Waals surface area contributed by atoms with Gasteiger partial charge in [0, 0.05) is 0 Å². The number of rotatable bonds is 3. The summed E-state index contributed by atoms with van der Waals surface area (Å²) in [6.07, 6.45) is 10.4. The lowest BCUT2D eigenvalue weighted by Crippen LogP contribution is -2.22. The normalized spacial score (nSPS) is 25.8. The molecule has 0 heteroatoms. The third kappa shape index (κ3) is 4.00. The van der Waals surface area contributed by atoms with E-state index in [1.54, 1.807) is 0 Å². The molecule has 1 fully saturated rings. The van der Waals surface area contributed by atoms with Crippen LogP contribution in [0.4, 0.5) is 0 Å². The Morgan fingerprint density at radius 1 is 1.44 bits per heavy atom. The molecule has 1 aliphatic carbocycles. The van der Waals surface area contributed by atoms with Crippen LogP contribution in [-0.2, 0) is 0 Å². The van der Waals surface area contributed by atoms with Crippen molar-refractivity contribution >= 4 is 0 Å². The fraction of sp³-hybridized carbons (Fsp3) is 0.625. The van der Waals surface area contributed by atoms with Crippen molar-refractivity contribution in [1.29, 1.82) is 0 Å². The van der Waals surface area contributed by atoms with Crippen molar-refractivity contribution < 1.29 is 0 Å². The maximum atomic E-state index is 4.12. The van der Waals surface area contributed by atoms with Crippen molar-refractivity contribution in [3.63, 3.8) is 0 Å². The number of hydrogen-bond acceptors (Lipinski definition) is 0. The molecule has 0 radical (unpaired) electrons. The smallest absolute Gasteiger partial charge is 0.00415 e. The number of hydrogen-bond donors (Lipinski definition) is 0. The molecule has 1 saturated carbocycles. The van der Waals surface area contributed by atoms with E-state index in [4.69, 9.17) is 0 Å². The Hall–Kier alpha value is -0.780. The molecule has 0 nitrogen and oxygen atoms in total. The Morgan fingerprint density at radius 3 is 2.50 bits per heavy atom. The summed E-state index contributed by atoms with van der Waals surface area (Å²) >= 11 is 0. The summed E-state index contributed by atoms with van der Waals surface area (Å²) in [4.78, 5) is 0. The molecular formula is C16H28. The van der Waals surface area contributed by atoms with Gasteiger partial charge in [-0.15, -0.1) is 0 Å². The largest absolute Gasteiger partial charge is 0.0998 e. The standard InChI is InChI=1S/C14H22.C2H6/c1-5-8-13(6-2)14(4)10-7-9-12(3)11-14;1-2/h6,8H,2-3,5,7,9-11H2,1,4H3;1-2H3/b13-8+;. The zero-order valence-electron chi connectivity index (χ0n) is 11.6. The Kier molecular flexibility index (Phi) is 7.12. The lowest BCUT2D eigenvalue weighted by molar-refractivity contribution is 0.321. The molecule has 0 amide bonds. The van der Waals surface area contributed by atoms with E-state index in [9.17, 15) is 0 Å². The second-order valence-electron chi connectivity index (χ2n) is 4.61. The van der Waals surface area contributed by atoms with Crippen LogP contribution in [0, 0.1) is 5.41 Å². The summed E-state index contributed by atoms with van der Waals surface area (Å²) in [6, 6.07) is 0. The Balaban J connectivity index is 0.00000106. The van der Waals surface area contributed by atoms with E-state index in [2.05, 4.69) is 33.1 Å². The summed E-state index contributed by atoms with van der Waals surface area (Å²) in [7, 11) is 0. The van der Waals surface area contributed by atoms with Crippen molar-refractivity contribution in [2.75, 3.05) is 0 Å². The molecule has 0 saturated heterocycles. The monoisotopic (exact) mass is 220 g/mol. The van der Waals surface area contributed by atoms with Gasteiger partial charge < -0.3 is 0 Å². The van der Waals surface area contributed by atoms with E-state index in [0.29, 0.717) is 5.41 Å². The van der Waals surface area contributed by atoms with Gasteiger partial charge in [0.25, 0.3) is 0 Å². The molecule has 0 aromatic rings. The second-order valence-corrected chi connectivity index (χ2v) is 4.61. The van der Waals surface area contributed by atoms with Gasteiger partial charge in [-0.1, -0.05) is 58.6 Å². The van der Waals surface area contributed by atoms with Crippen molar-refractivity contribution in [1.82, 2.24) is 0 Å². The fourth-order valence-electron chi connectivity index (χ4n) is 2.50. The molecule has 92 valence electrons. The van der Waals surface area contributed by atoms with Gasteiger partial charge in [0.05, 0.1) is 0 Å². The summed E-state index contributed by atoms with van der Waals surface area (Å²) < 4.78 is 0. The topological polar surface area (TPSA) is 0 Å². The molecule has 1 unspecified atom stereocenters. The average molecular weight is 220 g/mol. The molecule has 0 bridgehead atoms. The predicted molar refractivity (Wildman–Crippen MR) is 75.6 cm³/mol. The van der Waals surface area contributed by atoms with Crippen molar-refractivity contribution in [2.45, 2.75) is 59.8 Å². The molecule has 1 atom stereocenters. The van der Waals surface area contributed by atoms with E-state index >= 15 is 0 Å². The van der Waals surface area contributed by atoms with Crippen molar-refractivity contribution in [2.24, 2.45) is 5.41 Å². The Bertz CT molecular complexity index is 257. The maximum absolute atomic E-state index is 4.12. The first-order valence-corrected chi connectivity index (χ1v) is 6.62. The first-order chi connectivity index (χ1) is 7.62. The van der Waals surface area contributed by atoms with Crippen LogP contribution in [0.3, 0.4) is 0 Å². The third-order valence-electron chi connectivity index (χ3n) is 3.24. The van der Waals surface area contributed by atoms with Crippen LogP contribution in [0.2, 0.25) is 0 Å². The first kappa shape index (κ1) is 15.2. The zero-order chi connectivity index (χ0) is 12.6. The maximum Gasteiger partial charge on any atom is -0.00415 e. The van der Waals surface area contributed by atoms with Crippen LogP contribution in [0.1, 0.15) is 59.8 Å². The number of allylic oxidation sites excluding steroid dienone is 4. The minimum Gasteiger partial charge on any atom is -0.0998 e. The van der Waals surface area contributed by atoms with Crippen molar-refractivity contribution in [3.8, 4) is 0 Å². The third-order valence-corrected chi connectivity index (χ3v) is 3.24. The molecule has 16 heavy (non-hydrogen) atoms. The van der Waals surface area contributed by atoms with Gasteiger partial charge in [-0.25, -0.2) is 0 Å². The predicted octanol–water partition coefficient (Wildman–Crippen LogP) is 5.67. The zero-order valence-corrected chi connectivity index (χ0v) is 11.6. The van der Waals surface area contributed by atoms with E-state index < -0.39 is 0 Å². The van der Waals surface area contributed by atoms with Gasteiger partial charge in [0.1, 0.15) is 0 Å².